The third kappa shape index (κ3) is 2.34. The first kappa shape index (κ1) is 12.9. The second-order valence-corrected chi connectivity index (χ2v) is 7.12. The molecule has 92 valence electrons. The lowest BCUT2D eigenvalue weighted by atomic mass is 9.96. The highest BCUT2D eigenvalue weighted by Gasteiger charge is 2.45. The fraction of sp³-hybridized carbons (Fsp3) is 0.300. The van der Waals surface area contributed by atoms with Crippen LogP contribution in [0.2, 0.25) is 0 Å². The van der Waals surface area contributed by atoms with Crippen LogP contribution in [0.3, 0.4) is 0 Å². The van der Waals surface area contributed by atoms with Crippen molar-refractivity contribution >= 4 is 41.8 Å². The molecule has 0 spiro atoms. The highest BCUT2D eigenvalue weighted by atomic mass is 79.9. The fourth-order valence-electron chi connectivity index (χ4n) is 1.81. The highest BCUT2D eigenvalue weighted by molar-refractivity contribution is 9.10. The van der Waals surface area contributed by atoms with Crippen LogP contribution in [0.5, 0.6) is 0 Å². The Morgan fingerprint density at radius 3 is 2.59 bits per heavy atom. The molecule has 0 saturated carbocycles. The summed E-state index contributed by atoms with van der Waals surface area (Å²) < 4.78 is 24.0. The molecule has 0 aromatic heterocycles. The van der Waals surface area contributed by atoms with Crippen molar-refractivity contribution in [2.45, 2.75) is 19.4 Å². The molecule has 1 amide bonds. The smallest absolute Gasteiger partial charge is 0.274 e. The van der Waals surface area contributed by atoms with Gasteiger partial charge in [-0.25, -0.2) is 4.31 Å². The molecule has 1 aromatic carbocycles. The first-order valence-corrected chi connectivity index (χ1v) is 7.89. The summed E-state index contributed by atoms with van der Waals surface area (Å²) in [7, 11) is 1.22. The quantitative estimate of drug-likeness (QED) is 0.615. The van der Waals surface area contributed by atoms with Crippen molar-refractivity contribution in [2.24, 2.45) is 0 Å². The summed E-state index contributed by atoms with van der Waals surface area (Å²) >= 11 is 3.36. The highest BCUT2D eigenvalue weighted by Crippen LogP contribution is 2.41. The summed E-state index contributed by atoms with van der Waals surface area (Å²) in [6, 6.07) is 5.03. The lowest BCUT2D eigenvalue weighted by molar-refractivity contribution is -0.137. The van der Waals surface area contributed by atoms with Crippen LogP contribution < -0.4 is 0 Å². The van der Waals surface area contributed by atoms with Crippen LogP contribution in [0.1, 0.15) is 23.6 Å². The maximum atomic E-state index is 11.3. The number of nitrogens with zero attached hydrogens (tertiary/aromatic N) is 1. The van der Waals surface area contributed by atoms with Gasteiger partial charge in [-0.05, 0) is 24.1 Å². The van der Waals surface area contributed by atoms with E-state index in [1.54, 1.807) is 6.07 Å². The van der Waals surface area contributed by atoms with Gasteiger partial charge in [-0.3, -0.25) is 4.79 Å². The minimum atomic E-state index is -4.00. The molecule has 0 radical (unpaired) electrons. The van der Waals surface area contributed by atoms with Gasteiger partial charge < -0.3 is 0 Å². The van der Waals surface area contributed by atoms with E-state index in [2.05, 4.69) is 15.9 Å². The minimum Gasteiger partial charge on any atom is -0.274 e. The first-order valence-electron chi connectivity index (χ1n) is 4.83. The molecule has 17 heavy (non-hydrogen) atoms. The zero-order chi connectivity index (χ0) is 12.8. The Morgan fingerprint density at radius 2 is 2.12 bits per heavy atom. The minimum absolute atomic E-state index is 0.160. The number of β-lactam (4-membered cyclic amide) rings is 1. The number of rotatable bonds is 2. The summed E-state index contributed by atoms with van der Waals surface area (Å²) in [5, 5.41) is 0. The van der Waals surface area contributed by atoms with Gasteiger partial charge >= 0.3 is 9.24 Å². The molecule has 1 fully saturated rings. The molecule has 1 atom stereocenters. The van der Waals surface area contributed by atoms with Crippen LogP contribution in [0.25, 0.3) is 0 Å². The van der Waals surface area contributed by atoms with E-state index in [1.807, 2.05) is 19.1 Å². The second kappa shape index (κ2) is 4.26. The molecular formula is C10H9BrClNO3S. The van der Waals surface area contributed by atoms with E-state index in [4.69, 9.17) is 10.7 Å². The van der Waals surface area contributed by atoms with E-state index >= 15 is 0 Å². The van der Waals surface area contributed by atoms with Gasteiger partial charge in [0.2, 0.25) is 5.91 Å². The predicted octanol–water partition coefficient (Wildman–Crippen LogP) is 2.51. The molecule has 1 aromatic rings. The predicted molar refractivity (Wildman–Crippen MR) is 67.9 cm³/mol. The average molecular weight is 339 g/mol. The standard InChI is InChI=1S/C10H9BrClNO3S/c1-6-2-3-7(8(11)4-6)9-5-10(14)13(9)17(12,15)16/h2-4,9H,5H2,1H3. The van der Waals surface area contributed by atoms with E-state index in [9.17, 15) is 13.2 Å². The van der Waals surface area contributed by atoms with E-state index in [-0.39, 0.29) is 6.42 Å². The Balaban J connectivity index is 2.39. The Kier molecular flexibility index (Phi) is 3.22. The summed E-state index contributed by atoms with van der Waals surface area (Å²) in [5.74, 6) is -0.475. The molecule has 0 aliphatic carbocycles. The third-order valence-corrected chi connectivity index (χ3v) is 4.71. The number of carbonyl (C=O) groups is 1. The molecule has 1 aliphatic heterocycles. The van der Waals surface area contributed by atoms with Crippen molar-refractivity contribution in [3.63, 3.8) is 0 Å². The first-order chi connectivity index (χ1) is 7.80. The van der Waals surface area contributed by atoms with Gasteiger partial charge in [0.05, 0.1) is 12.5 Å². The molecular weight excluding hydrogens is 330 g/mol. The molecule has 1 unspecified atom stereocenters. The monoisotopic (exact) mass is 337 g/mol. The topological polar surface area (TPSA) is 54.5 Å². The SMILES string of the molecule is Cc1ccc(C2CC(=O)N2S(=O)(=O)Cl)c(Br)c1. The van der Waals surface area contributed by atoms with Crippen LogP contribution in [0, 0.1) is 6.92 Å². The Morgan fingerprint density at radius 1 is 1.47 bits per heavy atom. The van der Waals surface area contributed by atoms with Gasteiger partial charge in [0.25, 0.3) is 0 Å². The fourth-order valence-corrected chi connectivity index (χ4v) is 3.90. The molecule has 1 aliphatic rings. The van der Waals surface area contributed by atoms with Gasteiger partial charge in [0.15, 0.2) is 0 Å². The average Bonchev–Trinajstić information content (AvgIpc) is 2.12. The van der Waals surface area contributed by atoms with Crippen molar-refractivity contribution in [2.75, 3.05) is 0 Å². The number of hydrogen-bond acceptors (Lipinski definition) is 3. The molecule has 7 heteroatoms. The number of benzene rings is 1. The summed E-state index contributed by atoms with van der Waals surface area (Å²) in [6.45, 7) is 1.93. The Bertz CT molecular complexity index is 587. The van der Waals surface area contributed by atoms with Crippen LogP contribution in [-0.4, -0.2) is 18.6 Å². The normalized spacial score (nSPS) is 20.3. The number of halogens is 2. The van der Waals surface area contributed by atoms with Crippen molar-refractivity contribution in [3.05, 3.63) is 33.8 Å². The second-order valence-electron chi connectivity index (χ2n) is 3.88. The number of amides is 1. The lowest BCUT2D eigenvalue weighted by Crippen LogP contribution is -2.48. The number of carbonyl (C=O) groups excluding carboxylic acids is 1. The largest absolute Gasteiger partial charge is 0.324 e. The van der Waals surface area contributed by atoms with Gasteiger partial charge in [-0.15, -0.1) is 0 Å². The molecule has 1 saturated heterocycles. The Hall–Kier alpha value is -0.590. The van der Waals surface area contributed by atoms with Crippen LogP contribution in [0.15, 0.2) is 22.7 Å². The summed E-state index contributed by atoms with van der Waals surface area (Å²) in [5.41, 5.74) is 1.80. The van der Waals surface area contributed by atoms with E-state index in [1.165, 1.54) is 0 Å². The Labute approximate surface area is 112 Å². The zero-order valence-electron chi connectivity index (χ0n) is 8.85. The molecule has 0 N–H and O–H groups in total. The van der Waals surface area contributed by atoms with Crippen molar-refractivity contribution in [1.29, 1.82) is 0 Å². The summed E-state index contributed by atoms with van der Waals surface area (Å²) in [4.78, 5) is 11.3. The van der Waals surface area contributed by atoms with Gasteiger partial charge in [-0.2, -0.15) is 8.42 Å². The van der Waals surface area contributed by atoms with E-state index in [0.29, 0.717) is 4.31 Å². The number of aryl methyl sites for hydroxylation is 1. The summed E-state index contributed by atoms with van der Waals surface area (Å²) in [6.07, 6.45) is 0.160. The zero-order valence-corrected chi connectivity index (χ0v) is 12.0. The van der Waals surface area contributed by atoms with Gasteiger partial charge in [0, 0.05) is 15.2 Å². The van der Waals surface area contributed by atoms with Crippen molar-refractivity contribution in [1.82, 2.24) is 4.31 Å². The van der Waals surface area contributed by atoms with Crippen LogP contribution in [-0.2, 0) is 14.0 Å². The van der Waals surface area contributed by atoms with Crippen LogP contribution >= 0.6 is 26.6 Å². The maximum absolute atomic E-state index is 11.3. The van der Waals surface area contributed by atoms with Crippen molar-refractivity contribution in [3.8, 4) is 0 Å². The van der Waals surface area contributed by atoms with Crippen LogP contribution in [0.4, 0.5) is 0 Å². The maximum Gasteiger partial charge on any atom is 0.324 e. The number of hydrogen-bond donors (Lipinski definition) is 0. The molecule has 0 bridgehead atoms. The van der Waals surface area contributed by atoms with Gasteiger partial charge in [-0.1, -0.05) is 28.1 Å². The lowest BCUT2D eigenvalue weighted by Gasteiger charge is -2.37. The molecule has 1 heterocycles. The third-order valence-electron chi connectivity index (χ3n) is 2.65. The van der Waals surface area contributed by atoms with Gasteiger partial charge in [0.1, 0.15) is 0 Å². The van der Waals surface area contributed by atoms with Crippen molar-refractivity contribution < 1.29 is 13.2 Å². The van der Waals surface area contributed by atoms with E-state index < -0.39 is 21.2 Å². The van der Waals surface area contributed by atoms with E-state index in [0.717, 1.165) is 15.6 Å². The molecule has 2 rings (SSSR count). The molecule has 4 nitrogen and oxygen atoms in total.